The van der Waals surface area contributed by atoms with Crippen LogP contribution in [0.5, 0.6) is 0 Å². The Kier molecular flexibility index (Phi) is 3.07. The number of benzene rings is 2. The van der Waals surface area contributed by atoms with Crippen LogP contribution in [0.4, 0.5) is 8.78 Å². The van der Waals surface area contributed by atoms with E-state index < -0.39 is 11.6 Å². The summed E-state index contributed by atoms with van der Waals surface area (Å²) in [5.74, 6) is -1.44. The number of fused-ring (bicyclic) bond motifs is 1. The van der Waals surface area contributed by atoms with Crippen LogP contribution in [-0.4, -0.2) is 7.05 Å². The zero-order valence-corrected chi connectivity index (χ0v) is 10.7. The number of halogens is 2. The van der Waals surface area contributed by atoms with E-state index in [2.05, 4.69) is 17.4 Å². The van der Waals surface area contributed by atoms with Gasteiger partial charge in [0.05, 0.1) is 0 Å². The average molecular weight is 259 g/mol. The number of rotatable bonds is 2. The summed E-state index contributed by atoms with van der Waals surface area (Å²) < 4.78 is 26.4. The van der Waals surface area contributed by atoms with Gasteiger partial charge in [-0.3, -0.25) is 0 Å². The highest BCUT2D eigenvalue weighted by Crippen LogP contribution is 2.43. The van der Waals surface area contributed by atoms with Crippen LogP contribution >= 0.6 is 0 Å². The van der Waals surface area contributed by atoms with Crippen molar-refractivity contribution in [3.05, 3.63) is 70.8 Å². The molecule has 1 nitrogen and oxygen atoms in total. The fourth-order valence-electron chi connectivity index (χ4n) is 2.95. The van der Waals surface area contributed by atoms with Gasteiger partial charge in [0.25, 0.3) is 0 Å². The zero-order valence-electron chi connectivity index (χ0n) is 10.7. The normalized spacial score (nSPS) is 21.4. The van der Waals surface area contributed by atoms with Crippen molar-refractivity contribution in [2.24, 2.45) is 0 Å². The van der Waals surface area contributed by atoms with Gasteiger partial charge in [0, 0.05) is 12.0 Å². The van der Waals surface area contributed by atoms with Gasteiger partial charge in [-0.1, -0.05) is 30.3 Å². The molecule has 1 aliphatic rings. The van der Waals surface area contributed by atoms with Crippen molar-refractivity contribution in [1.82, 2.24) is 5.32 Å². The summed E-state index contributed by atoms with van der Waals surface area (Å²) in [6.45, 7) is 0. The summed E-state index contributed by atoms with van der Waals surface area (Å²) in [5, 5.41) is 3.28. The smallest absolute Gasteiger partial charge is 0.159 e. The van der Waals surface area contributed by atoms with E-state index in [0.717, 1.165) is 12.0 Å². The molecule has 2 aromatic rings. The molecule has 0 bridgehead atoms. The molecular formula is C16H15F2N. The molecule has 0 aliphatic heterocycles. The second-order valence-corrected chi connectivity index (χ2v) is 4.93. The van der Waals surface area contributed by atoms with Crippen molar-refractivity contribution >= 4 is 0 Å². The Balaban J connectivity index is 2.05. The van der Waals surface area contributed by atoms with Gasteiger partial charge in [0.2, 0.25) is 0 Å². The SMILES string of the molecule is CN[C@H]1C[C@H](c2ccc(F)c(F)c2)c2ccccc21. The van der Waals surface area contributed by atoms with Gasteiger partial charge in [-0.05, 0) is 42.3 Å². The van der Waals surface area contributed by atoms with E-state index in [1.807, 2.05) is 19.2 Å². The molecule has 2 aromatic carbocycles. The third-order valence-electron chi connectivity index (χ3n) is 3.91. The van der Waals surface area contributed by atoms with Gasteiger partial charge < -0.3 is 5.32 Å². The predicted molar refractivity (Wildman–Crippen MR) is 71.1 cm³/mol. The van der Waals surface area contributed by atoms with Gasteiger partial charge in [-0.2, -0.15) is 0 Å². The first-order valence-corrected chi connectivity index (χ1v) is 6.41. The van der Waals surface area contributed by atoms with Crippen LogP contribution in [0.15, 0.2) is 42.5 Å². The van der Waals surface area contributed by atoms with Crippen molar-refractivity contribution in [3.63, 3.8) is 0 Å². The maximum atomic E-state index is 13.4. The van der Waals surface area contributed by atoms with E-state index in [0.29, 0.717) is 0 Å². The topological polar surface area (TPSA) is 12.0 Å². The zero-order chi connectivity index (χ0) is 13.4. The Morgan fingerprint density at radius 3 is 2.42 bits per heavy atom. The van der Waals surface area contributed by atoms with E-state index >= 15 is 0 Å². The fourth-order valence-corrected chi connectivity index (χ4v) is 2.95. The molecular weight excluding hydrogens is 244 g/mol. The third-order valence-corrected chi connectivity index (χ3v) is 3.91. The monoisotopic (exact) mass is 259 g/mol. The van der Waals surface area contributed by atoms with Crippen LogP contribution in [-0.2, 0) is 0 Å². The lowest BCUT2D eigenvalue weighted by atomic mass is 9.93. The Morgan fingerprint density at radius 2 is 1.74 bits per heavy atom. The Morgan fingerprint density at radius 1 is 1.00 bits per heavy atom. The summed E-state index contributed by atoms with van der Waals surface area (Å²) in [5.41, 5.74) is 3.29. The molecule has 0 aromatic heterocycles. The molecule has 0 amide bonds. The molecule has 0 unspecified atom stereocenters. The highest BCUT2D eigenvalue weighted by atomic mass is 19.2. The summed E-state index contributed by atoms with van der Waals surface area (Å²) in [6.07, 6.45) is 0.876. The summed E-state index contributed by atoms with van der Waals surface area (Å²) in [4.78, 5) is 0. The summed E-state index contributed by atoms with van der Waals surface area (Å²) >= 11 is 0. The van der Waals surface area contributed by atoms with Crippen molar-refractivity contribution in [2.75, 3.05) is 7.05 Å². The van der Waals surface area contributed by atoms with E-state index in [1.54, 1.807) is 6.07 Å². The number of hydrogen-bond donors (Lipinski definition) is 1. The minimum Gasteiger partial charge on any atom is -0.313 e. The van der Waals surface area contributed by atoms with Crippen molar-refractivity contribution in [1.29, 1.82) is 0 Å². The summed E-state index contributed by atoms with van der Waals surface area (Å²) in [6, 6.07) is 12.6. The first-order chi connectivity index (χ1) is 9.20. The van der Waals surface area contributed by atoms with Crippen LogP contribution in [0, 0.1) is 11.6 Å². The summed E-state index contributed by atoms with van der Waals surface area (Å²) in [7, 11) is 1.93. The van der Waals surface area contributed by atoms with E-state index in [9.17, 15) is 8.78 Å². The fraction of sp³-hybridized carbons (Fsp3) is 0.250. The molecule has 3 rings (SSSR count). The standard InChI is InChI=1S/C16H15F2N/c1-19-16-9-13(11-4-2-3-5-12(11)16)10-6-7-14(17)15(18)8-10/h2-8,13,16,19H,9H2,1H3/t13-,16+/m1/s1. The van der Waals surface area contributed by atoms with Crippen LogP contribution < -0.4 is 5.32 Å². The van der Waals surface area contributed by atoms with Gasteiger partial charge >= 0.3 is 0 Å². The molecule has 0 fully saturated rings. The molecule has 0 saturated heterocycles. The predicted octanol–water partition coefficient (Wildman–Crippen LogP) is 3.76. The van der Waals surface area contributed by atoms with Crippen molar-refractivity contribution < 1.29 is 8.78 Å². The lowest BCUT2D eigenvalue weighted by Gasteiger charge is -2.12. The molecule has 19 heavy (non-hydrogen) atoms. The number of hydrogen-bond acceptors (Lipinski definition) is 1. The van der Waals surface area contributed by atoms with Gasteiger partial charge in [-0.15, -0.1) is 0 Å². The molecule has 3 heteroatoms. The minimum absolute atomic E-state index is 0.128. The second kappa shape index (κ2) is 4.74. The van der Waals surface area contributed by atoms with Crippen LogP contribution in [0.25, 0.3) is 0 Å². The van der Waals surface area contributed by atoms with Crippen LogP contribution in [0.3, 0.4) is 0 Å². The number of nitrogens with one attached hydrogen (secondary N) is 1. The molecule has 0 spiro atoms. The largest absolute Gasteiger partial charge is 0.313 e. The molecule has 98 valence electrons. The lowest BCUT2D eigenvalue weighted by molar-refractivity contribution is 0.504. The maximum Gasteiger partial charge on any atom is 0.159 e. The highest BCUT2D eigenvalue weighted by molar-refractivity contribution is 5.44. The first-order valence-electron chi connectivity index (χ1n) is 6.41. The second-order valence-electron chi connectivity index (χ2n) is 4.93. The van der Waals surface area contributed by atoms with E-state index in [-0.39, 0.29) is 12.0 Å². The third kappa shape index (κ3) is 2.04. The average Bonchev–Trinajstić information content (AvgIpc) is 2.81. The molecule has 0 radical (unpaired) electrons. The maximum absolute atomic E-state index is 13.4. The lowest BCUT2D eigenvalue weighted by Crippen LogP contribution is -2.13. The molecule has 1 N–H and O–H groups in total. The minimum atomic E-state index is -0.791. The first kappa shape index (κ1) is 12.3. The molecule has 2 atom stereocenters. The quantitative estimate of drug-likeness (QED) is 0.866. The van der Waals surface area contributed by atoms with Crippen molar-refractivity contribution in [3.8, 4) is 0 Å². The van der Waals surface area contributed by atoms with E-state index in [4.69, 9.17) is 0 Å². The van der Waals surface area contributed by atoms with Gasteiger partial charge in [-0.25, -0.2) is 8.78 Å². The molecule has 1 aliphatic carbocycles. The van der Waals surface area contributed by atoms with Crippen LogP contribution in [0.1, 0.15) is 35.1 Å². The Bertz CT molecular complexity index is 609. The molecule has 0 heterocycles. The Labute approximate surface area is 111 Å². The highest BCUT2D eigenvalue weighted by Gasteiger charge is 2.30. The van der Waals surface area contributed by atoms with Gasteiger partial charge in [0.15, 0.2) is 11.6 Å². The Hall–Kier alpha value is -1.74. The molecule has 0 saturated carbocycles. The van der Waals surface area contributed by atoms with Crippen molar-refractivity contribution in [2.45, 2.75) is 18.4 Å². The van der Waals surface area contributed by atoms with Gasteiger partial charge in [0.1, 0.15) is 0 Å². The van der Waals surface area contributed by atoms with Crippen LogP contribution in [0.2, 0.25) is 0 Å². The van der Waals surface area contributed by atoms with E-state index in [1.165, 1.54) is 23.3 Å².